The highest BCUT2D eigenvalue weighted by Gasteiger charge is 2.06. The molecule has 4 nitrogen and oxygen atoms in total. The highest BCUT2D eigenvalue weighted by molar-refractivity contribution is 5.91. The molecule has 0 aromatic heterocycles. The largest absolute Gasteiger partial charge is 0.497 e. The van der Waals surface area contributed by atoms with Crippen LogP contribution in [0.3, 0.4) is 0 Å². The minimum atomic E-state index is 0.0424. The zero-order chi connectivity index (χ0) is 15.5. The van der Waals surface area contributed by atoms with Crippen LogP contribution in [-0.4, -0.2) is 20.1 Å². The van der Waals surface area contributed by atoms with Gasteiger partial charge < -0.3 is 14.8 Å². The van der Waals surface area contributed by atoms with E-state index in [1.165, 1.54) is 25.7 Å². The summed E-state index contributed by atoms with van der Waals surface area (Å²) in [6.45, 7) is 2.20. The summed E-state index contributed by atoms with van der Waals surface area (Å²) in [6.07, 6.45) is 7.64. The maximum atomic E-state index is 11.9. The molecule has 1 aromatic rings. The van der Waals surface area contributed by atoms with Crippen molar-refractivity contribution in [3.63, 3.8) is 0 Å². The normalized spacial score (nSPS) is 10.2. The van der Waals surface area contributed by atoms with Gasteiger partial charge in [-0.3, -0.25) is 4.79 Å². The molecule has 0 fully saturated rings. The number of ether oxygens (including phenoxy) is 2. The number of carbonyl (C=O) groups excluding carboxylic acids is 1. The number of carbonyl (C=O) groups is 1. The summed E-state index contributed by atoms with van der Waals surface area (Å²) in [7, 11) is 3.19. The van der Waals surface area contributed by atoms with Gasteiger partial charge in [-0.25, -0.2) is 0 Å². The van der Waals surface area contributed by atoms with E-state index >= 15 is 0 Å². The molecule has 0 aliphatic rings. The monoisotopic (exact) mass is 293 g/mol. The molecule has 4 heteroatoms. The summed E-state index contributed by atoms with van der Waals surface area (Å²) >= 11 is 0. The van der Waals surface area contributed by atoms with Crippen LogP contribution in [0, 0.1) is 0 Å². The van der Waals surface area contributed by atoms with Crippen LogP contribution < -0.4 is 14.8 Å². The van der Waals surface area contributed by atoms with Crippen molar-refractivity contribution in [1.29, 1.82) is 0 Å². The molecular weight excluding hydrogens is 266 g/mol. The van der Waals surface area contributed by atoms with E-state index in [1.807, 2.05) is 0 Å². The van der Waals surface area contributed by atoms with E-state index in [4.69, 9.17) is 9.47 Å². The SMILES string of the molecule is CCCCCCCCC(=O)Nc1cc(OC)cc(OC)c1. The molecule has 1 amide bonds. The van der Waals surface area contributed by atoms with Gasteiger partial charge in [0.1, 0.15) is 11.5 Å². The molecule has 1 N–H and O–H groups in total. The van der Waals surface area contributed by atoms with E-state index < -0.39 is 0 Å². The lowest BCUT2D eigenvalue weighted by Gasteiger charge is -2.10. The van der Waals surface area contributed by atoms with Crippen molar-refractivity contribution in [1.82, 2.24) is 0 Å². The van der Waals surface area contributed by atoms with E-state index in [2.05, 4.69) is 12.2 Å². The molecule has 0 aliphatic heterocycles. The molecule has 0 spiro atoms. The average molecular weight is 293 g/mol. The van der Waals surface area contributed by atoms with Gasteiger partial charge >= 0.3 is 0 Å². The van der Waals surface area contributed by atoms with E-state index in [-0.39, 0.29) is 5.91 Å². The van der Waals surface area contributed by atoms with Crippen molar-refractivity contribution < 1.29 is 14.3 Å². The third-order valence-corrected chi connectivity index (χ3v) is 3.39. The highest BCUT2D eigenvalue weighted by atomic mass is 16.5. The van der Waals surface area contributed by atoms with Crippen LogP contribution in [0.15, 0.2) is 18.2 Å². The van der Waals surface area contributed by atoms with E-state index in [9.17, 15) is 4.79 Å². The number of anilines is 1. The summed E-state index contributed by atoms with van der Waals surface area (Å²) in [5, 5.41) is 2.89. The van der Waals surface area contributed by atoms with E-state index in [0.29, 0.717) is 23.6 Å². The zero-order valence-corrected chi connectivity index (χ0v) is 13.4. The molecule has 21 heavy (non-hydrogen) atoms. The van der Waals surface area contributed by atoms with Gasteiger partial charge in [0.25, 0.3) is 0 Å². The van der Waals surface area contributed by atoms with Crippen LogP contribution in [-0.2, 0) is 4.79 Å². The molecule has 0 radical (unpaired) electrons. The Hall–Kier alpha value is -1.71. The molecule has 1 aromatic carbocycles. The number of benzene rings is 1. The maximum Gasteiger partial charge on any atom is 0.224 e. The minimum absolute atomic E-state index is 0.0424. The van der Waals surface area contributed by atoms with Crippen molar-refractivity contribution in [3.8, 4) is 11.5 Å². The van der Waals surface area contributed by atoms with Crippen molar-refractivity contribution in [2.24, 2.45) is 0 Å². The topological polar surface area (TPSA) is 47.6 Å². The van der Waals surface area contributed by atoms with Crippen LogP contribution in [0.2, 0.25) is 0 Å². The molecule has 0 heterocycles. The van der Waals surface area contributed by atoms with Crippen LogP contribution in [0.4, 0.5) is 5.69 Å². The predicted octanol–water partition coefficient (Wildman–Crippen LogP) is 4.39. The van der Waals surface area contributed by atoms with Gasteiger partial charge in [0.05, 0.1) is 14.2 Å². The number of methoxy groups -OCH3 is 2. The Bertz CT molecular complexity index is 410. The lowest BCUT2D eigenvalue weighted by Crippen LogP contribution is -2.11. The zero-order valence-electron chi connectivity index (χ0n) is 13.4. The number of nitrogens with one attached hydrogen (secondary N) is 1. The van der Waals surface area contributed by atoms with E-state index in [0.717, 1.165) is 12.8 Å². The molecule has 0 saturated heterocycles. The lowest BCUT2D eigenvalue weighted by atomic mass is 10.1. The van der Waals surface area contributed by atoms with Gasteiger partial charge in [0.2, 0.25) is 5.91 Å². The van der Waals surface area contributed by atoms with Gasteiger partial charge in [0.15, 0.2) is 0 Å². The summed E-state index contributed by atoms with van der Waals surface area (Å²) in [6, 6.07) is 5.37. The third kappa shape index (κ3) is 7.02. The Morgan fingerprint density at radius 3 is 2.10 bits per heavy atom. The van der Waals surface area contributed by atoms with Crippen molar-refractivity contribution in [2.75, 3.05) is 19.5 Å². The number of hydrogen-bond donors (Lipinski definition) is 1. The Kier molecular flexibility index (Phi) is 8.32. The van der Waals surface area contributed by atoms with E-state index in [1.54, 1.807) is 32.4 Å². The van der Waals surface area contributed by atoms with Crippen LogP contribution >= 0.6 is 0 Å². The van der Waals surface area contributed by atoms with Crippen LogP contribution in [0.5, 0.6) is 11.5 Å². The second kappa shape index (κ2) is 10.1. The molecule has 0 saturated carbocycles. The molecule has 118 valence electrons. The molecule has 1 rings (SSSR count). The smallest absolute Gasteiger partial charge is 0.224 e. The fraction of sp³-hybridized carbons (Fsp3) is 0.588. The molecule has 0 unspecified atom stereocenters. The molecule has 0 atom stereocenters. The predicted molar refractivity (Wildman–Crippen MR) is 86.2 cm³/mol. The average Bonchev–Trinajstić information content (AvgIpc) is 2.50. The molecule has 0 aliphatic carbocycles. The number of hydrogen-bond acceptors (Lipinski definition) is 3. The van der Waals surface area contributed by atoms with Crippen LogP contribution in [0.1, 0.15) is 51.9 Å². The molecular formula is C17H27NO3. The summed E-state index contributed by atoms with van der Waals surface area (Å²) in [4.78, 5) is 11.9. The first-order chi connectivity index (χ1) is 10.2. The van der Waals surface area contributed by atoms with Crippen molar-refractivity contribution in [3.05, 3.63) is 18.2 Å². The van der Waals surface area contributed by atoms with Gasteiger partial charge in [-0.2, -0.15) is 0 Å². The quantitative estimate of drug-likeness (QED) is 0.651. The second-order valence-electron chi connectivity index (χ2n) is 5.17. The lowest BCUT2D eigenvalue weighted by molar-refractivity contribution is -0.116. The highest BCUT2D eigenvalue weighted by Crippen LogP contribution is 2.25. The van der Waals surface area contributed by atoms with Crippen molar-refractivity contribution in [2.45, 2.75) is 51.9 Å². The summed E-state index contributed by atoms with van der Waals surface area (Å²) in [5.41, 5.74) is 0.710. The first-order valence-corrected chi connectivity index (χ1v) is 7.72. The Morgan fingerprint density at radius 2 is 1.52 bits per heavy atom. The number of unbranched alkanes of at least 4 members (excludes halogenated alkanes) is 5. The first kappa shape index (κ1) is 17.3. The fourth-order valence-electron chi connectivity index (χ4n) is 2.17. The Labute approximate surface area is 127 Å². The van der Waals surface area contributed by atoms with Crippen molar-refractivity contribution >= 4 is 11.6 Å². The van der Waals surface area contributed by atoms with Crippen LogP contribution in [0.25, 0.3) is 0 Å². The van der Waals surface area contributed by atoms with Gasteiger partial charge in [0, 0.05) is 30.3 Å². The summed E-state index contributed by atoms with van der Waals surface area (Å²) < 4.78 is 10.4. The standard InChI is InChI=1S/C17H27NO3/c1-4-5-6-7-8-9-10-17(19)18-14-11-15(20-2)13-16(12-14)21-3/h11-13H,4-10H2,1-3H3,(H,18,19). The minimum Gasteiger partial charge on any atom is -0.497 e. The van der Waals surface area contributed by atoms with Gasteiger partial charge in [-0.1, -0.05) is 39.0 Å². The Balaban J connectivity index is 2.37. The Morgan fingerprint density at radius 1 is 0.952 bits per heavy atom. The number of rotatable bonds is 10. The first-order valence-electron chi connectivity index (χ1n) is 7.72. The van der Waals surface area contributed by atoms with Gasteiger partial charge in [-0.05, 0) is 6.42 Å². The molecule has 0 bridgehead atoms. The second-order valence-corrected chi connectivity index (χ2v) is 5.17. The van der Waals surface area contributed by atoms with Gasteiger partial charge in [-0.15, -0.1) is 0 Å². The number of amides is 1. The fourth-order valence-corrected chi connectivity index (χ4v) is 2.17. The summed E-state index contributed by atoms with van der Waals surface area (Å²) in [5.74, 6) is 1.38. The maximum absolute atomic E-state index is 11.9. The third-order valence-electron chi connectivity index (χ3n) is 3.39.